The molecule has 0 spiro atoms. The van der Waals surface area contributed by atoms with Crippen LogP contribution in [0.2, 0.25) is 0 Å². The standard InChI is InChI=1S/C13H18ClF/c1-9(2)13(10(3)14)8-11-5-4-6-12(15)7-11/h4-7,9-10,13H,8H2,1-3H3. The van der Waals surface area contributed by atoms with Crippen LogP contribution in [-0.2, 0) is 6.42 Å². The van der Waals surface area contributed by atoms with Gasteiger partial charge in [0.05, 0.1) is 0 Å². The van der Waals surface area contributed by atoms with E-state index in [1.165, 1.54) is 6.07 Å². The smallest absolute Gasteiger partial charge is 0.123 e. The van der Waals surface area contributed by atoms with Crippen LogP contribution < -0.4 is 0 Å². The molecule has 15 heavy (non-hydrogen) atoms. The van der Waals surface area contributed by atoms with Gasteiger partial charge in [0.25, 0.3) is 0 Å². The zero-order chi connectivity index (χ0) is 11.4. The molecule has 0 saturated heterocycles. The Balaban J connectivity index is 2.74. The van der Waals surface area contributed by atoms with Gasteiger partial charge in [-0.1, -0.05) is 26.0 Å². The Morgan fingerprint density at radius 2 is 1.93 bits per heavy atom. The summed E-state index contributed by atoms with van der Waals surface area (Å²) in [4.78, 5) is 0. The average Bonchev–Trinajstić information content (AvgIpc) is 2.13. The molecule has 0 saturated carbocycles. The van der Waals surface area contributed by atoms with E-state index >= 15 is 0 Å². The molecule has 0 aliphatic heterocycles. The summed E-state index contributed by atoms with van der Waals surface area (Å²) in [6, 6.07) is 6.77. The van der Waals surface area contributed by atoms with Crippen molar-refractivity contribution in [2.45, 2.75) is 32.6 Å². The lowest BCUT2D eigenvalue weighted by Crippen LogP contribution is -2.20. The number of benzene rings is 1. The van der Waals surface area contributed by atoms with Crippen molar-refractivity contribution in [1.29, 1.82) is 0 Å². The van der Waals surface area contributed by atoms with E-state index in [9.17, 15) is 4.39 Å². The SMILES string of the molecule is CC(C)C(Cc1cccc(F)c1)C(C)Cl. The molecular formula is C13H18ClF. The molecule has 0 aliphatic rings. The van der Waals surface area contributed by atoms with Crippen molar-refractivity contribution in [2.75, 3.05) is 0 Å². The summed E-state index contributed by atoms with van der Waals surface area (Å²) in [7, 11) is 0. The normalized spacial score (nSPS) is 15.3. The zero-order valence-electron chi connectivity index (χ0n) is 9.50. The van der Waals surface area contributed by atoms with Crippen molar-refractivity contribution in [3.8, 4) is 0 Å². The fraction of sp³-hybridized carbons (Fsp3) is 0.538. The highest BCUT2D eigenvalue weighted by molar-refractivity contribution is 6.20. The molecule has 0 radical (unpaired) electrons. The fourth-order valence-electron chi connectivity index (χ4n) is 1.86. The third-order valence-corrected chi connectivity index (χ3v) is 3.13. The molecule has 0 aliphatic carbocycles. The quantitative estimate of drug-likeness (QED) is 0.676. The summed E-state index contributed by atoms with van der Waals surface area (Å²) >= 11 is 6.13. The third kappa shape index (κ3) is 3.83. The lowest BCUT2D eigenvalue weighted by atomic mass is 9.87. The van der Waals surface area contributed by atoms with Gasteiger partial charge in [-0.25, -0.2) is 4.39 Å². The van der Waals surface area contributed by atoms with Gasteiger partial charge in [0, 0.05) is 5.38 Å². The highest BCUT2D eigenvalue weighted by atomic mass is 35.5. The molecule has 2 atom stereocenters. The number of hydrogen-bond donors (Lipinski definition) is 0. The Labute approximate surface area is 96.5 Å². The van der Waals surface area contributed by atoms with Crippen LogP contribution in [0, 0.1) is 17.7 Å². The summed E-state index contributed by atoms with van der Waals surface area (Å²) in [5.74, 6) is 0.742. The first-order chi connectivity index (χ1) is 7.00. The van der Waals surface area contributed by atoms with E-state index in [0.29, 0.717) is 11.8 Å². The highest BCUT2D eigenvalue weighted by Crippen LogP contribution is 2.24. The lowest BCUT2D eigenvalue weighted by molar-refractivity contribution is 0.376. The minimum Gasteiger partial charge on any atom is -0.207 e. The Kier molecular flexibility index (Phi) is 4.59. The van der Waals surface area contributed by atoms with Gasteiger partial charge in [-0.3, -0.25) is 0 Å². The van der Waals surface area contributed by atoms with E-state index in [1.807, 2.05) is 13.0 Å². The molecule has 0 amide bonds. The Bertz CT molecular complexity index is 299. The van der Waals surface area contributed by atoms with Crippen LogP contribution in [0.3, 0.4) is 0 Å². The summed E-state index contributed by atoms with van der Waals surface area (Å²) in [6.45, 7) is 6.32. The molecule has 0 aromatic heterocycles. The van der Waals surface area contributed by atoms with E-state index in [4.69, 9.17) is 11.6 Å². The zero-order valence-corrected chi connectivity index (χ0v) is 10.3. The van der Waals surface area contributed by atoms with E-state index < -0.39 is 0 Å². The Hall–Kier alpha value is -0.560. The number of hydrogen-bond acceptors (Lipinski definition) is 0. The molecule has 0 heterocycles. The number of halogens is 2. The first-order valence-electron chi connectivity index (χ1n) is 5.39. The van der Waals surface area contributed by atoms with Gasteiger partial charge in [-0.05, 0) is 42.9 Å². The minimum atomic E-state index is -0.169. The summed E-state index contributed by atoms with van der Waals surface area (Å²) in [5.41, 5.74) is 1.03. The van der Waals surface area contributed by atoms with E-state index in [2.05, 4.69) is 13.8 Å². The van der Waals surface area contributed by atoms with Crippen LogP contribution in [-0.4, -0.2) is 5.38 Å². The predicted octanol–water partition coefficient (Wildman–Crippen LogP) is 4.27. The van der Waals surface area contributed by atoms with Crippen LogP contribution in [0.5, 0.6) is 0 Å². The summed E-state index contributed by atoms with van der Waals surface area (Å²) in [6.07, 6.45) is 0.847. The van der Waals surface area contributed by atoms with Crippen molar-refractivity contribution in [3.63, 3.8) is 0 Å². The van der Waals surface area contributed by atoms with Gasteiger partial charge in [0.1, 0.15) is 5.82 Å². The molecule has 2 heteroatoms. The van der Waals surface area contributed by atoms with Crippen LogP contribution in [0.4, 0.5) is 4.39 Å². The van der Waals surface area contributed by atoms with Gasteiger partial charge in [-0.15, -0.1) is 11.6 Å². The van der Waals surface area contributed by atoms with Gasteiger partial charge in [0.2, 0.25) is 0 Å². The maximum atomic E-state index is 13.0. The number of alkyl halides is 1. The van der Waals surface area contributed by atoms with E-state index in [-0.39, 0.29) is 11.2 Å². The molecule has 2 unspecified atom stereocenters. The molecule has 1 aromatic rings. The maximum Gasteiger partial charge on any atom is 0.123 e. The first kappa shape index (κ1) is 12.5. The van der Waals surface area contributed by atoms with Crippen molar-refractivity contribution >= 4 is 11.6 Å². The Morgan fingerprint density at radius 3 is 2.40 bits per heavy atom. The van der Waals surface area contributed by atoms with Crippen LogP contribution in [0.15, 0.2) is 24.3 Å². The van der Waals surface area contributed by atoms with Crippen molar-refractivity contribution in [1.82, 2.24) is 0 Å². The fourth-order valence-corrected chi connectivity index (χ4v) is 2.24. The molecule has 0 fully saturated rings. The van der Waals surface area contributed by atoms with Crippen LogP contribution in [0.25, 0.3) is 0 Å². The van der Waals surface area contributed by atoms with Crippen molar-refractivity contribution in [2.24, 2.45) is 11.8 Å². The third-order valence-electron chi connectivity index (χ3n) is 2.81. The second-order valence-corrected chi connectivity index (χ2v) is 5.11. The molecule has 0 N–H and O–H groups in total. The topological polar surface area (TPSA) is 0 Å². The van der Waals surface area contributed by atoms with E-state index in [1.54, 1.807) is 12.1 Å². The highest BCUT2D eigenvalue weighted by Gasteiger charge is 2.19. The maximum absolute atomic E-state index is 13.0. The summed E-state index contributed by atoms with van der Waals surface area (Å²) < 4.78 is 13.0. The first-order valence-corrected chi connectivity index (χ1v) is 5.83. The Morgan fingerprint density at radius 1 is 1.27 bits per heavy atom. The molecule has 0 nitrogen and oxygen atoms in total. The summed E-state index contributed by atoms with van der Waals surface area (Å²) in [5, 5.41) is 0.119. The molecule has 0 bridgehead atoms. The number of rotatable bonds is 4. The van der Waals surface area contributed by atoms with Crippen LogP contribution in [0.1, 0.15) is 26.3 Å². The van der Waals surface area contributed by atoms with Crippen molar-refractivity contribution in [3.05, 3.63) is 35.6 Å². The molecule has 1 aromatic carbocycles. The van der Waals surface area contributed by atoms with Gasteiger partial charge < -0.3 is 0 Å². The van der Waals surface area contributed by atoms with Gasteiger partial charge in [-0.2, -0.15) is 0 Å². The predicted molar refractivity (Wildman–Crippen MR) is 63.7 cm³/mol. The largest absolute Gasteiger partial charge is 0.207 e. The minimum absolute atomic E-state index is 0.119. The van der Waals surface area contributed by atoms with Gasteiger partial charge >= 0.3 is 0 Å². The van der Waals surface area contributed by atoms with Gasteiger partial charge in [0.15, 0.2) is 0 Å². The molecular weight excluding hydrogens is 211 g/mol. The molecule has 1 rings (SSSR count). The molecule has 84 valence electrons. The second kappa shape index (κ2) is 5.50. The monoisotopic (exact) mass is 228 g/mol. The van der Waals surface area contributed by atoms with Crippen LogP contribution >= 0.6 is 11.6 Å². The lowest BCUT2D eigenvalue weighted by Gasteiger charge is -2.23. The second-order valence-electron chi connectivity index (χ2n) is 4.42. The average molecular weight is 229 g/mol. The van der Waals surface area contributed by atoms with E-state index in [0.717, 1.165) is 12.0 Å². The van der Waals surface area contributed by atoms with Crippen molar-refractivity contribution < 1.29 is 4.39 Å².